The monoisotopic (exact) mass is 337 g/mol. The molecule has 0 spiro atoms. The Hall–Kier alpha value is -1.20. The number of hydrogen-bond donors (Lipinski definition) is 1. The highest BCUT2D eigenvalue weighted by atomic mass is 79.9. The topological polar surface area (TPSA) is 48.2 Å². The minimum absolute atomic E-state index is 0.101. The van der Waals surface area contributed by atoms with Crippen LogP contribution in [0.15, 0.2) is 21.6 Å². The lowest BCUT2D eigenvalue weighted by Gasteiger charge is -2.06. The molecule has 1 rings (SSSR count). The summed E-state index contributed by atoms with van der Waals surface area (Å²) >= 11 is 4.07. The molecule has 0 aliphatic carbocycles. The summed E-state index contributed by atoms with van der Waals surface area (Å²) in [6.45, 7) is 0. The summed E-state index contributed by atoms with van der Waals surface area (Å²) in [7, 11) is 0. The molecule has 1 aromatic rings. The van der Waals surface area contributed by atoms with Crippen LogP contribution in [0.25, 0.3) is 0 Å². The van der Waals surface area contributed by atoms with Crippen LogP contribution in [0.3, 0.4) is 0 Å². The lowest BCUT2D eigenvalue weighted by Crippen LogP contribution is -2.12. The van der Waals surface area contributed by atoms with Crippen LogP contribution in [0.1, 0.15) is 12.0 Å². The molecule has 0 aliphatic heterocycles. The molecule has 0 atom stereocenters. The third-order valence-electron chi connectivity index (χ3n) is 1.86. The van der Waals surface area contributed by atoms with Gasteiger partial charge in [0.1, 0.15) is 5.69 Å². The molecule has 0 aromatic heterocycles. The number of rotatable bonds is 2. The highest BCUT2D eigenvalue weighted by Gasteiger charge is 2.15. The molecule has 0 radical (unpaired) electrons. The predicted molar refractivity (Wildman–Crippen MR) is 68.4 cm³/mol. The van der Waals surface area contributed by atoms with Gasteiger partial charge in [-0.25, -0.2) is 18.2 Å². The number of alkyl halides is 2. The zero-order chi connectivity index (χ0) is 13.7. The normalized spacial score (nSPS) is 11.5. The largest absolute Gasteiger partial charge is 0.271 e. The van der Waals surface area contributed by atoms with Gasteiger partial charge in [0.25, 0.3) is 6.43 Å². The number of benzene rings is 1. The standard InChI is InChI=1S/C10H7BrF3N3S/c1-18-10(16-4-15)17-8-6(11)2-5(9(13)14)3-7(8)12/h2-3,9H,1H3,(H,16,17). The van der Waals surface area contributed by atoms with E-state index < -0.39 is 17.8 Å². The van der Waals surface area contributed by atoms with Crippen LogP contribution in [0, 0.1) is 17.3 Å². The maximum Gasteiger partial charge on any atom is 0.263 e. The van der Waals surface area contributed by atoms with Crippen LogP contribution < -0.4 is 5.32 Å². The molecule has 0 bridgehead atoms. The Balaban J connectivity index is 3.22. The quantitative estimate of drug-likeness (QED) is 0.384. The molecule has 0 amide bonds. The van der Waals surface area contributed by atoms with Gasteiger partial charge < -0.3 is 0 Å². The molecule has 0 aliphatic rings. The number of halogens is 4. The number of hydrogen-bond acceptors (Lipinski definition) is 3. The van der Waals surface area contributed by atoms with Gasteiger partial charge in [-0.15, -0.1) is 0 Å². The van der Waals surface area contributed by atoms with Gasteiger partial charge in [-0.3, -0.25) is 5.32 Å². The van der Waals surface area contributed by atoms with Gasteiger partial charge in [-0.05, 0) is 34.3 Å². The zero-order valence-electron chi connectivity index (χ0n) is 9.05. The van der Waals surface area contributed by atoms with Crippen LogP contribution >= 0.6 is 27.7 Å². The van der Waals surface area contributed by atoms with Crippen LogP contribution in [-0.4, -0.2) is 11.4 Å². The van der Waals surface area contributed by atoms with E-state index in [0.29, 0.717) is 0 Å². The van der Waals surface area contributed by atoms with Crippen LogP contribution in [0.5, 0.6) is 0 Å². The van der Waals surface area contributed by atoms with Crippen LogP contribution in [0.4, 0.5) is 18.9 Å². The van der Waals surface area contributed by atoms with Gasteiger partial charge >= 0.3 is 0 Å². The molecule has 0 fully saturated rings. The number of nitrogens with zero attached hydrogens (tertiary/aromatic N) is 2. The number of nitriles is 1. The molecule has 1 N–H and O–H groups in total. The van der Waals surface area contributed by atoms with Crippen molar-refractivity contribution in [3.8, 4) is 6.19 Å². The van der Waals surface area contributed by atoms with Crippen molar-refractivity contribution in [2.24, 2.45) is 4.99 Å². The van der Waals surface area contributed by atoms with Crippen molar-refractivity contribution in [1.29, 1.82) is 5.26 Å². The Kier molecular flexibility index (Phi) is 5.50. The van der Waals surface area contributed by atoms with Crippen molar-refractivity contribution in [1.82, 2.24) is 5.32 Å². The summed E-state index contributed by atoms with van der Waals surface area (Å²) in [4.78, 5) is 3.85. The van der Waals surface area contributed by atoms with Crippen molar-refractivity contribution >= 4 is 38.5 Å². The third-order valence-corrected chi connectivity index (χ3v) is 3.05. The summed E-state index contributed by atoms with van der Waals surface area (Å²) in [5.74, 6) is -0.883. The SMILES string of the molecule is CSC(=Nc1c(F)cc(C(F)F)cc1Br)NC#N. The average molecular weight is 338 g/mol. The van der Waals surface area contributed by atoms with Gasteiger partial charge in [-0.1, -0.05) is 11.8 Å². The van der Waals surface area contributed by atoms with Crippen molar-refractivity contribution in [2.45, 2.75) is 6.43 Å². The van der Waals surface area contributed by atoms with E-state index in [-0.39, 0.29) is 15.3 Å². The lowest BCUT2D eigenvalue weighted by molar-refractivity contribution is 0.151. The predicted octanol–water partition coefficient (Wildman–Crippen LogP) is 3.95. The summed E-state index contributed by atoms with van der Waals surface area (Å²) in [6, 6.07) is 1.81. The average Bonchev–Trinajstić information content (AvgIpc) is 2.31. The van der Waals surface area contributed by atoms with Crippen LogP contribution in [0.2, 0.25) is 0 Å². The molecule has 18 heavy (non-hydrogen) atoms. The second kappa shape index (κ2) is 6.66. The van der Waals surface area contributed by atoms with E-state index in [2.05, 4.69) is 26.2 Å². The minimum atomic E-state index is -2.76. The number of aliphatic imine (C=N–C) groups is 1. The number of thioether (sulfide) groups is 1. The number of nitrogens with one attached hydrogen (secondary N) is 1. The fourth-order valence-corrected chi connectivity index (χ4v) is 1.96. The first-order valence-electron chi connectivity index (χ1n) is 4.54. The highest BCUT2D eigenvalue weighted by Crippen LogP contribution is 2.33. The molecule has 0 heterocycles. The van der Waals surface area contributed by atoms with E-state index in [1.165, 1.54) is 0 Å². The maximum absolute atomic E-state index is 13.6. The minimum Gasteiger partial charge on any atom is -0.271 e. The lowest BCUT2D eigenvalue weighted by atomic mass is 10.2. The van der Waals surface area contributed by atoms with Crippen molar-refractivity contribution in [3.05, 3.63) is 28.0 Å². The summed E-state index contributed by atoms with van der Waals surface area (Å²) in [5, 5.41) is 10.9. The highest BCUT2D eigenvalue weighted by molar-refractivity contribution is 9.10. The molecule has 0 saturated heterocycles. The van der Waals surface area contributed by atoms with E-state index in [1.54, 1.807) is 12.4 Å². The molecule has 1 aromatic carbocycles. The molecule has 0 saturated carbocycles. The molecule has 96 valence electrons. The van der Waals surface area contributed by atoms with E-state index in [4.69, 9.17) is 5.26 Å². The first-order chi connectivity index (χ1) is 8.49. The van der Waals surface area contributed by atoms with Crippen molar-refractivity contribution in [3.63, 3.8) is 0 Å². The molecule has 0 unspecified atom stereocenters. The fraction of sp³-hybridized carbons (Fsp3) is 0.200. The Morgan fingerprint density at radius 3 is 2.67 bits per heavy atom. The van der Waals surface area contributed by atoms with Gasteiger partial charge in [0.2, 0.25) is 0 Å². The molecule has 3 nitrogen and oxygen atoms in total. The first kappa shape index (κ1) is 14.9. The Labute approximate surface area is 114 Å². The Bertz CT molecular complexity index is 491. The van der Waals surface area contributed by atoms with E-state index in [9.17, 15) is 13.2 Å². The fourth-order valence-electron chi connectivity index (χ4n) is 1.09. The van der Waals surface area contributed by atoms with Gasteiger partial charge in [0, 0.05) is 10.0 Å². The number of amidine groups is 1. The molecular weight excluding hydrogens is 331 g/mol. The van der Waals surface area contributed by atoms with Crippen LogP contribution in [-0.2, 0) is 0 Å². The van der Waals surface area contributed by atoms with Crippen molar-refractivity contribution in [2.75, 3.05) is 6.26 Å². The summed E-state index contributed by atoms with van der Waals surface area (Å²) in [6.07, 6.45) is 0.531. The van der Waals surface area contributed by atoms with E-state index >= 15 is 0 Å². The summed E-state index contributed by atoms with van der Waals surface area (Å²) in [5.41, 5.74) is -0.566. The van der Waals surface area contributed by atoms with E-state index in [1.807, 2.05) is 0 Å². The summed E-state index contributed by atoms with van der Waals surface area (Å²) < 4.78 is 38.6. The Morgan fingerprint density at radius 2 is 2.22 bits per heavy atom. The van der Waals surface area contributed by atoms with Gasteiger partial charge in [-0.2, -0.15) is 5.26 Å². The second-order valence-corrected chi connectivity index (χ2v) is 4.64. The van der Waals surface area contributed by atoms with Gasteiger partial charge in [0.15, 0.2) is 17.2 Å². The third kappa shape index (κ3) is 3.65. The zero-order valence-corrected chi connectivity index (χ0v) is 11.4. The molecular formula is C10H7BrF3N3S. The van der Waals surface area contributed by atoms with E-state index in [0.717, 1.165) is 23.9 Å². The second-order valence-electron chi connectivity index (χ2n) is 2.99. The maximum atomic E-state index is 13.6. The van der Waals surface area contributed by atoms with Crippen molar-refractivity contribution < 1.29 is 13.2 Å². The molecule has 8 heteroatoms. The Morgan fingerprint density at radius 1 is 1.56 bits per heavy atom. The first-order valence-corrected chi connectivity index (χ1v) is 6.56. The van der Waals surface area contributed by atoms with Gasteiger partial charge in [0.05, 0.1) is 0 Å². The smallest absolute Gasteiger partial charge is 0.263 e.